The Labute approximate surface area is 107 Å². The van der Waals surface area contributed by atoms with Crippen LogP contribution >= 0.6 is 15.9 Å². The number of allylic oxidation sites excluding steroid dienone is 4. The second-order valence-electron chi connectivity index (χ2n) is 4.62. The molecule has 0 fully saturated rings. The van der Waals surface area contributed by atoms with Gasteiger partial charge >= 0.3 is 0 Å². The Morgan fingerprint density at radius 3 is 2.88 bits per heavy atom. The van der Waals surface area contributed by atoms with E-state index in [4.69, 9.17) is 0 Å². The van der Waals surface area contributed by atoms with Crippen molar-refractivity contribution in [3.8, 4) is 0 Å². The molecule has 0 saturated carbocycles. The Morgan fingerprint density at radius 2 is 2.31 bits per heavy atom. The van der Waals surface area contributed by atoms with Crippen LogP contribution in [0.1, 0.15) is 52.4 Å². The minimum absolute atomic E-state index is 0.325. The van der Waals surface area contributed by atoms with Crippen LogP contribution in [0.4, 0.5) is 0 Å². The third-order valence-electron chi connectivity index (χ3n) is 2.88. The van der Waals surface area contributed by atoms with Gasteiger partial charge in [-0.25, -0.2) is 0 Å². The van der Waals surface area contributed by atoms with Gasteiger partial charge in [0.1, 0.15) is 0 Å². The lowest BCUT2D eigenvalue weighted by Crippen LogP contribution is -1.96. The van der Waals surface area contributed by atoms with Crippen molar-refractivity contribution in [1.82, 2.24) is 0 Å². The molecule has 0 amide bonds. The van der Waals surface area contributed by atoms with Gasteiger partial charge < -0.3 is 0 Å². The first-order valence-corrected chi connectivity index (χ1v) is 7.01. The van der Waals surface area contributed by atoms with E-state index in [1.54, 1.807) is 0 Å². The lowest BCUT2D eigenvalue weighted by molar-refractivity contribution is -0.115. The highest BCUT2D eigenvalue weighted by molar-refractivity contribution is 9.11. The summed E-state index contributed by atoms with van der Waals surface area (Å²) in [6.45, 7) is 4.31. The highest BCUT2D eigenvalue weighted by Crippen LogP contribution is 2.27. The number of ketones is 1. The van der Waals surface area contributed by atoms with Crippen LogP contribution in [-0.2, 0) is 4.79 Å². The summed E-state index contributed by atoms with van der Waals surface area (Å²) in [7, 11) is 0. The summed E-state index contributed by atoms with van der Waals surface area (Å²) < 4.78 is 1.16. The predicted octanol–water partition coefficient (Wildman–Crippen LogP) is 4.77. The largest absolute Gasteiger partial charge is 0.295 e. The van der Waals surface area contributed by atoms with Crippen molar-refractivity contribution in [2.75, 3.05) is 0 Å². The molecule has 1 nitrogen and oxygen atoms in total. The Hall–Kier alpha value is -0.370. The molecule has 0 aliphatic heterocycles. The molecule has 0 N–H and O–H groups in total. The van der Waals surface area contributed by atoms with Gasteiger partial charge in [0.2, 0.25) is 0 Å². The fraction of sp³-hybridized carbons (Fsp3) is 0.643. The quantitative estimate of drug-likeness (QED) is 0.642. The van der Waals surface area contributed by atoms with Gasteiger partial charge in [0.25, 0.3) is 0 Å². The number of carbonyl (C=O) groups excluding carboxylic acids is 1. The van der Waals surface area contributed by atoms with Crippen molar-refractivity contribution in [1.29, 1.82) is 0 Å². The number of Topliss-reactive ketones (excluding diaryl/α,β-unsaturated/α-hetero) is 1. The van der Waals surface area contributed by atoms with Crippen LogP contribution in [0, 0.1) is 5.92 Å². The van der Waals surface area contributed by atoms with Gasteiger partial charge in [-0.2, -0.15) is 0 Å². The van der Waals surface area contributed by atoms with Gasteiger partial charge in [0.15, 0.2) is 5.78 Å². The first-order chi connectivity index (χ1) is 7.63. The molecule has 1 rings (SSSR count). The van der Waals surface area contributed by atoms with E-state index < -0.39 is 0 Å². The molecular formula is C14H21BrO. The number of hydrogen-bond acceptors (Lipinski definition) is 1. The molecule has 90 valence electrons. The van der Waals surface area contributed by atoms with E-state index in [0.717, 1.165) is 22.9 Å². The summed E-state index contributed by atoms with van der Waals surface area (Å²) in [5, 5.41) is 0. The zero-order valence-corrected chi connectivity index (χ0v) is 11.8. The normalized spacial score (nSPS) is 21.4. The summed E-state index contributed by atoms with van der Waals surface area (Å²) in [5.74, 6) is 0.759. The van der Waals surface area contributed by atoms with Crippen LogP contribution in [0.5, 0.6) is 0 Å². The SMILES string of the molecule is CCCCC/C=C(\Br)CC1=C[C@H](C)CC1=O. The minimum atomic E-state index is 0.325. The van der Waals surface area contributed by atoms with Crippen LogP contribution in [0.2, 0.25) is 0 Å². The molecule has 0 spiro atoms. The summed E-state index contributed by atoms with van der Waals surface area (Å²) in [6, 6.07) is 0. The van der Waals surface area contributed by atoms with E-state index in [1.165, 1.54) is 19.3 Å². The van der Waals surface area contributed by atoms with Crippen molar-refractivity contribution in [3.05, 3.63) is 22.2 Å². The fourth-order valence-corrected chi connectivity index (χ4v) is 2.51. The smallest absolute Gasteiger partial charge is 0.159 e. The average Bonchev–Trinajstić information content (AvgIpc) is 2.52. The predicted molar refractivity (Wildman–Crippen MR) is 72.6 cm³/mol. The number of unbranched alkanes of at least 4 members (excludes halogenated alkanes) is 3. The van der Waals surface area contributed by atoms with Crippen LogP contribution in [-0.4, -0.2) is 5.78 Å². The highest BCUT2D eigenvalue weighted by atomic mass is 79.9. The summed E-state index contributed by atoms with van der Waals surface area (Å²) >= 11 is 3.56. The third kappa shape index (κ3) is 4.65. The van der Waals surface area contributed by atoms with E-state index in [9.17, 15) is 4.79 Å². The Morgan fingerprint density at radius 1 is 1.56 bits per heavy atom. The monoisotopic (exact) mass is 284 g/mol. The van der Waals surface area contributed by atoms with E-state index in [-0.39, 0.29) is 0 Å². The fourth-order valence-electron chi connectivity index (χ4n) is 1.98. The molecule has 16 heavy (non-hydrogen) atoms. The zero-order chi connectivity index (χ0) is 12.0. The Balaban J connectivity index is 2.36. The van der Waals surface area contributed by atoms with E-state index in [2.05, 4.69) is 41.9 Å². The molecule has 0 heterocycles. The molecule has 0 aromatic heterocycles. The molecule has 0 radical (unpaired) electrons. The van der Waals surface area contributed by atoms with Crippen LogP contribution in [0.15, 0.2) is 22.2 Å². The first-order valence-electron chi connectivity index (χ1n) is 6.22. The number of halogens is 1. The van der Waals surface area contributed by atoms with E-state index in [1.807, 2.05) is 0 Å². The van der Waals surface area contributed by atoms with Crippen molar-refractivity contribution in [2.24, 2.45) is 5.92 Å². The third-order valence-corrected chi connectivity index (χ3v) is 3.49. The van der Waals surface area contributed by atoms with Gasteiger partial charge in [0.05, 0.1) is 0 Å². The Bertz CT molecular complexity index is 302. The molecule has 0 saturated heterocycles. The number of hydrogen-bond donors (Lipinski definition) is 0. The molecule has 0 aromatic carbocycles. The number of carbonyl (C=O) groups is 1. The Kier molecular flexibility index (Phi) is 6.04. The maximum atomic E-state index is 11.6. The average molecular weight is 285 g/mol. The summed E-state index contributed by atoms with van der Waals surface area (Å²) in [5.41, 5.74) is 0.992. The van der Waals surface area contributed by atoms with Gasteiger partial charge in [-0.1, -0.05) is 54.8 Å². The van der Waals surface area contributed by atoms with Gasteiger partial charge in [0, 0.05) is 12.8 Å². The van der Waals surface area contributed by atoms with E-state index in [0.29, 0.717) is 18.1 Å². The lowest BCUT2D eigenvalue weighted by atomic mass is 10.1. The molecule has 0 unspecified atom stereocenters. The maximum absolute atomic E-state index is 11.6. The second kappa shape index (κ2) is 7.05. The topological polar surface area (TPSA) is 17.1 Å². The van der Waals surface area contributed by atoms with Crippen LogP contribution in [0.25, 0.3) is 0 Å². The molecule has 1 aliphatic carbocycles. The van der Waals surface area contributed by atoms with Crippen molar-refractivity contribution in [2.45, 2.75) is 52.4 Å². The van der Waals surface area contributed by atoms with Crippen LogP contribution in [0.3, 0.4) is 0 Å². The summed E-state index contributed by atoms with van der Waals surface area (Å²) in [6.07, 6.45) is 10.7. The van der Waals surface area contributed by atoms with Crippen LogP contribution < -0.4 is 0 Å². The minimum Gasteiger partial charge on any atom is -0.295 e. The van der Waals surface area contributed by atoms with Gasteiger partial charge in [-0.3, -0.25) is 4.79 Å². The first kappa shape index (κ1) is 13.7. The molecule has 2 heteroatoms. The number of rotatable bonds is 6. The molecule has 1 aliphatic rings. The molecule has 1 atom stereocenters. The van der Waals surface area contributed by atoms with Crippen molar-refractivity contribution < 1.29 is 4.79 Å². The molecule has 0 aromatic rings. The molecule has 0 bridgehead atoms. The zero-order valence-electron chi connectivity index (χ0n) is 10.3. The van der Waals surface area contributed by atoms with Crippen molar-refractivity contribution in [3.63, 3.8) is 0 Å². The second-order valence-corrected chi connectivity index (χ2v) is 5.64. The van der Waals surface area contributed by atoms with Crippen molar-refractivity contribution >= 4 is 21.7 Å². The van der Waals surface area contributed by atoms with Gasteiger partial charge in [-0.05, 0) is 28.8 Å². The van der Waals surface area contributed by atoms with Gasteiger partial charge in [-0.15, -0.1) is 0 Å². The maximum Gasteiger partial charge on any atom is 0.159 e. The highest BCUT2D eigenvalue weighted by Gasteiger charge is 2.20. The standard InChI is InChI=1S/C14H21BrO/c1-3-4-5-6-7-13(15)10-12-8-11(2)9-14(12)16/h7-8,11H,3-6,9-10H2,1-2H3/b13-7-/t11-/m0/s1. The molecular weight excluding hydrogens is 264 g/mol. The summed E-state index contributed by atoms with van der Waals surface area (Å²) in [4.78, 5) is 11.6. The lowest BCUT2D eigenvalue weighted by Gasteiger charge is -2.00. The van der Waals surface area contributed by atoms with E-state index >= 15 is 0 Å².